The van der Waals surface area contributed by atoms with E-state index in [1.807, 2.05) is 0 Å². The Morgan fingerprint density at radius 2 is 1.47 bits per heavy atom. The lowest BCUT2D eigenvalue weighted by atomic mass is 10.1. The summed E-state index contributed by atoms with van der Waals surface area (Å²) >= 11 is 0. The first-order chi connectivity index (χ1) is 9.16. The van der Waals surface area contributed by atoms with Crippen molar-refractivity contribution in [3.63, 3.8) is 0 Å². The topological polar surface area (TPSA) is 47.0 Å². The van der Waals surface area contributed by atoms with Crippen molar-refractivity contribution in [3.05, 3.63) is 0 Å². The molecule has 5 heteroatoms. The lowest BCUT2D eigenvalue weighted by Gasteiger charge is -2.37. The first kappa shape index (κ1) is 14.8. The second-order valence-electron chi connectivity index (χ2n) is 5.79. The minimum absolute atomic E-state index is 0.343. The zero-order valence-electron chi connectivity index (χ0n) is 12.1. The number of piperazine rings is 1. The van der Waals surface area contributed by atoms with E-state index in [4.69, 9.17) is 5.11 Å². The van der Waals surface area contributed by atoms with Crippen LogP contribution < -0.4 is 0 Å². The molecular formula is C14H27N3O2. The second kappa shape index (κ2) is 7.22. The van der Waals surface area contributed by atoms with Gasteiger partial charge in [-0.3, -0.25) is 14.6 Å². The summed E-state index contributed by atoms with van der Waals surface area (Å²) in [5.41, 5.74) is 0. The Balaban J connectivity index is 1.64. The largest absolute Gasteiger partial charge is 0.480 e. The maximum absolute atomic E-state index is 11.0. The number of aliphatic carboxylic acids is 1. The Kier molecular flexibility index (Phi) is 5.60. The van der Waals surface area contributed by atoms with Crippen molar-refractivity contribution in [2.24, 2.45) is 0 Å². The molecule has 5 nitrogen and oxygen atoms in total. The molecular weight excluding hydrogens is 242 g/mol. The Morgan fingerprint density at radius 3 is 2.00 bits per heavy atom. The Labute approximate surface area is 116 Å². The molecule has 0 radical (unpaired) electrons. The fraction of sp³-hybridized carbons (Fsp3) is 0.929. The van der Waals surface area contributed by atoms with Crippen LogP contribution in [0.2, 0.25) is 0 Å². The Morgan fingerprint density at radius 1 is 0.947 bits per heavy atom. The van der Waals surface area contributed by atoms with E-state index in [-0.39, 0.29) is 6.04 Å². The van der Waals surface area contributed by atoms with Crippen molar-refractivity contribution in [2.45, 2.75) is 32.2 Å². The first-order valence-electron chi connectivity index (χ1n) is 7.58. The van der Waals surface area contributed by atoms with Crippen LogP contribution in [0.4, 0.5) is 0 Å². The van der Waals surface area contributed by atoms with Crippen molar-refractivity contribution in [1.82, 2.24) is 14.7 Å². The fourth-order valence-electron chi connectivity index (χ4n) is 3.00. The van der Waals surface area contributed by atoms with E-state index < -0.39 is 5.97 Å². The van der Waals surface area contributed by atoms with Crippen LogP contribution in [0.1, 0.15) is 26.2 Å². The van der Waals surface area contributed by atoms with E-state index in [1.165, 1.54) is 38.9 Å². The summed E-state index contributed by atoms with van der Waals surface area (Å²) in [6, 6.07) is -0.343. The zero-order valence-corrected chi connectivity index (χ0v) is 12.1. The molecule has 0 amide bonds. The molecule has 0 aromatic heterocycles. The molecule has 1 unspecified atom stereocenters. The van der Waals surface area contributed by atoms with Gasteiger partial charge in [-0.25, -0.2) is 0 Å². The third-order valence-corrected chi connectivity index (χ3v) is 4.49. The summed E-state index contributed by atoms with van der Waals surface area (Å²) in [5, 5.41) is 9.01. The Hall–Kier alpha value is -0.650. The molecule has 2 saturated heterocycles. The number of rotatable bonds is 5. The maximum Gasteiger partial charge on any atom is 0.320 e. The van der Waals surface area contributed by atoms with Crippen LogP contribution in [0.15, 0.2) is 0 Å². The minimum Gasteiger partial charge on any atom is -0.480 e. The summed E-state index contributed by atoms with van der Waals surface area (Å²) in [6.07, 6.45) is 4.09. The summed E-state index contributed by atoms with van der Waals surface area (Å²) in [7, 11) is 0. The summed E-state index contributed by atoms with van der Waals surface area (Å²) in [6.45, 7) is 10.4. The zero-order chi connectivity index (χ0) is 13.7. The average molecular weight is 269 g/mol. The highest BCUT2D eigenvalue weighted by Gasteiger charge is 2.25. The van der Waals surface area contributed by atoms with Crippen LogP contribution in [-0.2, 0) is 4.79 Å². The molecule has 2 rings (SSSR count). The average Bonchev–Trinajstić information content (AvgIpc) is 2.46. The van der Waals surface area contributed by atoms with Gasteiger partial charge in [-0.05, 0) is 32.9 Å². The molecule has 0 spiro atoms. The van der Waals surface area contributed by atoms with E-state index in [0.29, 0.717) is 0 Å². The van der Waals surface area contributed by atoms with Gasteiger partial charge in [-0.15, -0.1) is 0 Å². The highest BCUT2D eigenvalue weighted by molar-refractivity contribution is 5.72. The van der Waals surface area contributed by atoms with Gasteiger partial charge in [-0.2, -0.15) is 0 Å². The number of hydrogen-bond acceptors (Lipinski definition) is 4. The SMILES string of the molecule is CC(C(=O)O)N1CCN(CCN2CCCCC2)CC1. The molecule has 0 bridgehead atoms. The van der Waals surface area contributed by atoms with Gasteiger partial charge in [-0.1, -0.05) is 6.42 Å². The molecule has 1 N–H and O–H groups in total. The smallest absolute Gasteiger partial charge is 0.320 e. The number of likely N-dealkylation sites (tertiary alicyclic amines) is 1. The standard InChI is InChI=1S/C14H27N3O2/c1-13(14(18)19)17-11-9-16(10-12-17)8-7-15-5-3-2-4-6-15/h13H,2-12H2,1H3,(H,18,19). The van der Waals surface area contributed by atoms with Gasteiger partial charge in [0.05, 0.1) is 0 Å². The van der Waals surface area contributed by atoms with Crippen molar-refractivity contribution in [3.8, 4) is 0 Å². The monoisotopic (exact) mass is 269 g/mol. The van der Waals surface area contributed by atoms with E-state index in [9.17, 15) is 4.79 Å². The van der Waals surface area contributed by atoms with Crippen molar-refractivity contribution >= 4 is 5.97 Å². The highest BCUT2D eigenvalue weighted by Crippen LogP contribution is 2.10. The van der Waals surface area contributed by atoms with Gasteiger partial charge in [0, 0.05) is 39.3 Å². The molecule has 0 aromatic rings. The van der Waals surface area contributed by atoms with Crippen molar-refractivity contribution in [1.29, 1.82) is 0 Å². The van der Waals surface area contributed by atoms with Crippen molar-refractivity contribution in [2.75, 3.05) is 52.4 Å². The molecule has 110 valence electrons. The third-order valence-electron chi connectivity index (χ3n) is 4.49. The number of carbonyl (C=O) groups is 1. The molecule has 0 aromatic carbocycles. The summed E-state index contributed by atoms with van der Waals surface area (Å²) in [5.74, 6) is -0.707. The van der Waals surface area contributed by atoms with Crippen LogP contribution in [0.3, 0.4) is 0 Å². The number of nitrogens with zero attached hydrogens (tertiary/aromatic N) is 3. The molecule has 0 aliphatic carbocycles. The third kappa shape index (κ3) is 4.44. The van der Waals surface area contributed by atoms with Gasteiger partial charge in [0.2, 0.25) is 0 Å². The van der Waals surface area contributed by atoms with E-state index >= 15 is 0 Å². The number of carboxylic acid groups (broad SMARTS) is 1. The first-order valence-corrected chi connectivity index (χ1v) is 7.58. The molecule has 2 aliphatic heterocycles. The normalized spacial score (nSPS) is 25.3. The molecule has 2 aliphatic rings. The summed E-state index contributed by atoms with van der Waals surface area (Å²) < 4.78 is 0. The van der Waals surface area contributed by atoms with Gasteiger partial charge in [0.15, 0.2) is 0 Å². The lowest BCUT2D eigenvalue weighted by Crippen LogP contribution is -2.52. The minimum atomic E-state index is -0.707. The van der Waals surface area contributed by atoms with E-state index in [1.54, 1.807) is 6.92 Å². The van der Waals surface area contributed by atoms with Crippen LogP contribution >= 0.6 is 0 Å². The van der Waals surface area contributed by atoms with Gasteiger partial charge >= 0.3 is 5.97 Å². The van der Waals surface area contributed by atoms with Crippen LogP contribution in [0, 0.1) is 0 Å². The predicted octanol–water partition coefficient (Wildman–Crippen LogP) is 0.563. The number of hydrogen-bond donors (Lipinski definition) is 1. The fourth-order valence-corrected chi connectivity index (χ4v) is 3.00. The number of carboxylic acids is 1. The highest BCUT2D eigenvalue weighted by atomic mass is 16.4. The Bertz CT molecular complexity index is 284. The lowest BCUT2D eigenvalue weighted by molar-refractivity contribution is -0.143. The molecule has 19 heavy (non-hydrogen) atoms. The van der Waals surface area contributed by atoms with E-state index in [0.717, 1.165) is 32.7 Å². The molecule has 2 fully saturated rings. The van der Waals surface area contributed by atoms with Gasteiger partial charge in [0.1, 0.15) is 6.04 Å². The van der Waals surface area contributed by atoms with Gasteiger partial charge in [0.25, 0.3) is 0 Å². The molecule has 2 heterocycles. The van der Waals surface area contributed by atoms with Crippen LogP contribution in [-0.4, -0.2) is 84.2 Å². The number of piperidine rings is 1. The summed E-state index contributed by atoms with van der Waals surface area (Å²) in [4.78, 5) is 18.1. The second-order valence-corrected chi connectivity index (χ2v) is 5.79. The van der Waals surface area contributed by atoms with Crippen molar-refractivity contribution < 1.29 is 9.90 Å². The quantitative estimate of drug-likeness (QED) is 0.790. The van der Waals surface area contributed by atoms with Gasteiger partial charge < -0.3 is 10.0 Å². The van der Waals surface area contributed by atoms with Crippen LogP contribution in [0.5, 0.6) is 0 Å². The molecule has 1 atom stereocenters. The van der Waals surface area contributed by atoms with E-state index in [2.05, 4.69) is 14.7 Å². The van der Waals surface area contributed by atoms with Crippen LogP contribution in [0.25, 0.3) is 0 Å². The molecule has 0 saturated carbocycles. The maximum atomic E-state index is 11.0. The predicted molar refractivity (Wildman–Crippen MR) is 75.4 cm³/mol.